The molecule has 1 aliphatic rings. The van der Waals surface area contributed by atoms with Gasteiger partial charge in [-0.15, -0.1) is 0 Å². The maximum absolute atomic E-state index is 9.25. The van der Waals surface area contributed by atoms with E-state index in [1.807, 2.05) is 24.3 Å². The molecule has 21 heavy (non-hydrogen) atoms. The average molecular weight is 285 g/mol. The van der Waals surface area contributed by atoms with Gasteiger partial charge in [0.25, 0.3) is 0 Å². The van der Waals surface area contributed by atoms with Crippen LogP contribution in [0.25, 0.3) is 0 Å². The zero-order valence-electron chi connectivity index (χ0n) is 11.8. The minimum Gasteiger partial charge on any atom is -0.508 e. The molecule has 0 saturated heterocycles. The molecule has 0 saturated carbocycles. The van der Waals surface area contributed by atoms with Crippen molar-refractivity contribution >= 4 is 0 Å². The largest absolute Gasteiger partial charge is 0.508 e. The van der Waals surface area contributed by atoms with E-state index < -0.39 is 0 Å². The van der Waals surface area contributed by atoms with Crippen LogP contribution in [0, 0.1) is 0 Å². The van der Waals surface area contributed by atoms with Gasteiger partial charge < -0.3 is 19.9 Å². The van der Waals surface area contributed by atoms with E-state index in [0.717, 1.165) is 36.6 Å². The van der Waals surface area contributed by atoms with E-state index in [2.05, 4.69) is 11.4 Å². The van der Waals surface area contributed by atoms with Crippen LogP contribution >= 0.6 is 0 Å². The molecule has 0 radical (unpaired) electrons. The Bertz CT molecular complexity index is 595. The summed E-state index contributed by atoms with van der Waals surface area (Å²) in [6.07, 6.45) is 0.923. The van der Waals surface area contributed by atoms with E-state index in [1.54, 1.807) is 12.1 Å². The summed E-state index contributed by atoms with van der Waals surface area (Å²) in [7, 11) is 0. The molecule has 0 bridgehead atoms. The lowest BCUT2D eigenvalue weighted by Crippen LogP contribution is -2.20. The molecule has 3 rings (SSSR count). The van der Waals surface area contributed by atoms with E-state index in [1.165, 1.54) is 5.56 Å². The van der Waals surface area contributed by atoms with Crippen LogP contribution in [0.1, 0.15) is 11.1 Å². The van der Waals surface area contributed by atoms with Crippen molar-refractivity contribution in [2.24, 2.45) is 0 Å². The summed E-state index contributed by atoms with van der Waals surface area (Å²) in [4.78, 5) is 0. The Hall–Kier alpha value is -2.20. The Kier molecular flexibility index (Phi) is 4.26. The van der Waals surface area contributed by atoms with Gasteiger partial charge in [-0.1, -0.05) is 24.3 Å². The Morgan fingerprint density at radius 3 is 2.67 bits per heavy atom. The Morgan fingerprint density at radius 2 is 1.81 bits per heavy atom. The molecule has 2 aromatic carbocycles. The third-order valence-electron chi connectivity index (χ3n) is 3.49. The SMILES string of the molecule is Oc1ccc(CCNCc2cccc3c2OCCO3)cc1. The fourth-order valence-electron chi connectivity index (χ4n) is 2.39. The van der Waals surface area contributed by atoms with E-state index >= 15 is 0 Å². The van der Waals surface area contributed by atoms with E-state index in [9.17, 15) is 5.11 Å². The summed E-state index contributed by atoms with van der Waals surface area (Å²) in [6.45, 7) is 2.85. The first kappa shape index (κ1) is 13.8. The Balaban J connectivity index is 1.53. The summed E-state index contributed by atoms with van der Waals surface area (Å²) in [5.41, 5.74) is 2.33. The van der Waals surface area contributed by atoms with Crippen molar-refractivity contribution in [1.82, 2.24) is 5.32 Å². The highest BCUT2D eigenvalue weighted by Crippen LogP contribution is 2.33. The molecule has 2 N–H and O–H groups in total. The molecule has 2 aromatic rings. The van der Waals surface area contributed by atoms with Gasteiger partial charge in [-0.25, -0.2) is 0 Å². The molecule has 4 nitrogen and oxygen atoms in total. The number of fused-ring (bicyclic) bond motifs is 1. The van der Waals surface area contributed by atoms with Crippen molar-refractivity contribution in [1.29, 1.82) is 0 Å². The molecule has 0 aromatic heterocycles. The number of phenols is 1. The van der Waals surface area contributed by atoms with Crippen molar-refractivity contribution in [2.75, 3.05) is 19.8 Å². The second-order valence-corrected chi connectivity index (χ2v) is 5.03. The highest BCUT2D eigenvalue weighted by Gasteiger charge is 2.14. The molecule has 0 atom stereocenters. The Morgan fingerprint density at radius 1 is 1.00 bits per heavy atom. The van der Waals surface area contributed by atoms with Gasteiger partial charge in [0.15, 0.2) is 11.5 Å². The lowest BCUT2D eigenvalue weighted by molar-refractivity contribution is 0.169. The van der Waals surface area contributed by atoms with Crippen molar-refractivity contribution in [3.63, 3.8) is 0 Å². The normalized spacial score (nSPS) is 13.1. The van der Waals surface area contributed by atoms with Crippen molar-refractivity contribution in [3.05, 3.63) is 53.6 Å². The molecule has 0 aliphatic carbocycles. The lowest BCUT2D eigenvalue weighted by Gasteiger charge is -2.21. The van der Waals surface area contributed by atoms with Gasteiger partial charge in [0.1, 0.15) is 19.0 Å². The molecule has 1 aliphatic heterocycles. The number of ether oxygens (including phenoxy) is 2. The molecular weight excluding hydrogens is 266 g/mol. The van der Waals surface area contributed by atoms with Crippen LogP contribution in [-0.4, -0.2) is 24.9 Å². The first-order chi connectivity index (χ1) is 10.3. The first-order valence-corrected chi connectivity index (χ1v) is 7.19. The summed E-state index contributed by atoms with van der Waals surface area (Å²) in [5.74, 6) is 2.00. The third kappa shape index (κ3) is 3.47. The second-order valence-electron chi connectivity index (χ2n) is 5.03. The van der Waals surface area contributed by atoms with Crippen molar-refractivity contribution in [2.45, 2.75) is 13.0 Å². The number of para-hydroxylation sites is 1. The molecule has 4 heteroatoms. The lowest BCUT2D eigenvalue weighted by atomic mass is 10.1. The summed E-state index contributed by atoms with van der Waals surface area (Å²) in [5, 5.41) is 12.7. The molecule has 1 heterocycles. The molecule has 110 valence electrons. The van der Waals surface area contributed by atoms with Crippen LogP contribution < -0.4 is 14.8 Å². The van der Waals surface area contributed by atoms with Crippen molar-refractivity contribution in [3.8, 4) is 17.2 Å². The minimum absolute atomic E-state index is 0.305. The highest BCUT2D eigenvalue weighted by molar-refractivity contribution is 5.47. The number of hydrogen-bond donors (Lipinski definition) is 2. The second kappa shape index (κ2) is 6.50. The smallest absolute Gasteiger partial charge is 0.165 e. The molecular formula is C17H19NO3. The minimum atomic E-state index is 0.305. The van der Waals surface area contributed by atoms with Crippen LogP contribution in [0.2, 0.25) is 0 Å². The first-order valence-electron chi connectivity index (χ1n) is 7.19. The topological polar surface area (TPSA) is 50.7 Å². The van der Waals surface area contributed by atoms with Gasteiger partial charge in [0.05, 0.1) is 0 Å². The zero-order chi connectivity index (χ0) is 14.5. The molecule has 0 fully saturated rings. The maximum Gasteiger partial charge on any atom is 0.165 e. The Labute approximate surface area is 124 Å². The van der Waals surface area contributed by atoms with Crippen LogP contribution in [0.4, 0.5) is 0 Å². The van der Waals surface area contributed by atoms with Gasteiger partial charge in [-0.05, 0) is 36.7 Å². The average Bonchev–Trinajstić information content (AvgIpc) is 2.53. The zero-order valence-corrected chi connectivity index (χ0v) is 11.8. The van der Waals surface area contributed by atoms with Crippen molar-refractivity contribution < 1.29 is 14.6 Å². The number of rotatable bonds is 5. The predicted octanol–water partition coefficient (Wildman–Crippen LogP) is 2.50. The van der Waals surface area contributed by atoms with E-state index in [-0.39, 0.29) is 0 Å². The maximum atomic E-state index is 9.25. The predicted molar refractivity (Wildman–Crippen MR) is 80.9 cm³/mol. The molecule has 0 unspecified atom stereocenters. The highest BCUT2D eigenvalue weighted by atomic mass is 16.6. The van der Waals surface area contributed by atoms with Gasteiger partial charge in [-0.3, -0.25) is 0 Å². The summed E-state index contributed by atoms with van der Waals surface area (Å²) in [6, 6.07) is 13.3. The van der Waals surface area contributed by atoms with Crippen LogP contribution in [-0.2, 0) is 13.0 Å². The summed E-state index contributed by atoms with van der Waals surface area (Å²) < 4.78 is 11.3. The van der Waals surface area contributed by atoms with Gasteiger partial charge in [-0.2, -0.15) is 0 Å². The summed E-state index contributed by atoms with van der Waals surface area (Å²) >= 11 is 0. The quantitative estimate of drug-likeness (QED) is 0.829. The number of benzene rings is 2. The monoisotopic (exact) mass is 285 g/mol. The van der Waals surface area contributed by atoms with Crippen LogP contribution in [0.5, 0.6) is 17.2 Å². The third-order valence-corrected chi connectivity index (χ3v) is 3.49. The van der Waals surface area contributed by atoms with Crippen LogP contribution in [0.15, 0.2) is 42.5 Å². The molecule has 0 spiro atoms. The van der Waals surface area contributed by atoms with Crippen LogP contribution in [0.3, 0.4) is 0 Å². The van der Waals surface area contributed by atoms with E-state index in [4.69, 9.17) is 9.47 Å². The number of aromatic hydroxyl groups is 1. The van der Waals surface area contributed by atoms with E-state index in [0.29, 0.717) is 19.0 Å². The van der Waals surface area contributed by atoms with Gasteiger partial charge in [0, 0.05) is 12.1 Å². The fourth-order valence-corrected chi connectivity index (χ4v) is 2.39. The molecule has 0 amide bonds. The van der Waals surface area contributed by atoms with Gasteiger partial charge in [0.2, 0.25) is 0 Å². The number of nitrogens with one attached hydrogen (secondary N) is 1. The van der Waals surface area contributed by atoms with Gasteiger partial charge >= 0.3 is 0 Å². The standard InChI is InChI=1S/C17H19NO3/c19-15-6-4-13(5-7-15)8-9-18-12-14-2-1-3-16-17(14)21-11-10-20-16/h1-7,18-19H,8-12H2. The fraction of sp³-hybridized carbons (Fsp3) is 0.294. The number of phenolic OH excluding ortho intramolecular Hbond substituents is 1. The number of hydrogen-bond acceptors (Lipinski definition) is 4.